The fourth-order valence-electron chi connectivity index (χ4n) is 1.78. The van der Waals surface area contributed by atoms with Crippen LogP contribution in [0.25, 0.3) is 0 Å². The Balaban J connectivity index is 1.91. The highest BCUT2D eigenvalue weighted by Crippen LogP contribution is 2.15. The van der Waals surface area contributed by atoms with Crippen molar-refractivity contribution in [2.75, 3.05) is 11.9 Å². The molecule has 0 aromatic heterocycles. The highest BCUT2D eigenvalue weighted by molar-refractivity contribution is 5.99. The number of nitrogens with one attached hydrogen (secondary N) is 2. The SMILES string of the molecule is Cc1ccc(F)c(NC(=O)CNC(=O)c2ccccc2)c1. The van der Waals surface area contributed by atoms with Crippen LogP contribution in [0.1, 0.15) is 15.9 Å². The molecule has 2 aromatic rings. The minimum Gasteiger partial charge on any atom is -0.343 e. The Morgan fingerprint density at radius 3 is 2.52 bits per heavy atom. The van der Waals surface area contributed by atoms with Crippen molar-refractivity contribution in [3.8, 4) is 0 Å². The van der Waals surface area contributed by atoms with E-state index in [2.05, 4.69) is 10.6 Å². The van der Waals surface area contributed by atoms with Gasteiger partial charge in [-0.25, -0.2) is 4.39 Å². The summed E-state index contributed by atoms with van der Waals surface area (Å²) in [7, 11) is 0. The summed E-state index contributed by atoms with van der Waals surface area (Å²) in [4.78, 5) is 23.5. The maximum atomic E-state index is 13.5. The zero-order chi connectivity index (χ0) is 15.2. The molecular formula is C16H15FN2O2. The number of halogens is 1. The van der Waals surface area contributed by atoms with E-state index in [0.29, 0.717) is 5.56 Å². The Morgan fingerprint density at radius 2 is 1.81 bits per heavy atom. The van der Waals surface area contributed by atoms with E-state index in [1.165, 1.54) is 12.1 Å². The van der Waals surface area contributed by atoms with Crippen LogP contribution in [0.4, 0.5) is 10.1 Å². The van der Waals surface area contributed by atoms with E-state index in [9.17, 15) is 14.0 Å². The first-order valence-corrected chi connectivity index (χ1v) is 6.45. The summed E-state index contributed by atoms with van der Waals surface area (Å²) < 4.78 is 13.5. The quantitative estimate of drug-likeness (QED) is 0.907. The Morgan fingerprint density at radius 1 is 1.10 bits per heavy atom. The van der Waals surface area contributed by atoms with Gasteiger partial charge in [0.15, 0.2) is 0 Å². The standard InChI is InChI=1S/C16H15FN2O2/c1-11-7-8-13(17)14(9-11)19-15(20)10-18-16(21)12-5-3-2-4-6-12/h2-9H,10H2,1H3,(H,18,21)(H,19,20). The van der Waals surface area contributed by atoms with Crippen molar-refractivity contribution in [3.05, 3.63) is 65.5 Å². The minimum atomic E-state index is -0.511. The molecule has 0 bridgehead atoms. The first-order chi connectivity index (χ1) is 10.1. The van der Waals surface area contributed by atoms with Gasteiger partial charge < -0.3 is 10.6 Å². The van der Waals surface area contributed by atoms with Gasteiger partial charge in [-0.05, 0) is 36.8 Å². The van der Waals surface area contributed by atoms with Gasteiger partial charge in [0.05, 0.1) is 12.2 Å². The van der Waals surface area contributed by atoms with Crippen molar-refractivity contribution < 1.29 is 14.0 Å². The number of benzene rings is 2. The molecular weight excluding hydrogens is 271 g/mol. The van der Waals surface area contributed by atoms with Crippen LogP contribution in [0.5, 0.6) is 0 Å². The molecule has 0 aliphatic rings. The van der Waals surface area contributed by atoms with Crippen LogP contribution in [-0.2, 0) is 4.79 Å². The molecule has 0 radical (unpaired) electrons. The summed E-state index contributed by atoms with van der Waals surface area (Å²) in [6.07, 6.45) is 0. The van der Waals surface area contributed by atoms with E-state index in [4.69, 9.17) is 0 Å². The topological polar surface area (TPSA) is 58.2 Å². The van der Waals surface area contributed by atoms with Crippen LogP contribution in [0, 0.1) is 12.7 Å². The zero-order valence-corrected chi connectivity index (χ0v) is 11.5. The second kappa shape index (κ2) is 6.65. The molecule has 0 spiro atoms. The van der Waals surface area contributed by atoms with Gasteiger partial charge in [-0.1, -0.05) is 24.3 Å². The van der Waals surface area contributed by atoms with Gasteiger partial charge in [-0.2, -0.15) is 0 Å². The van der Waals surface area contributed by atoms with E-state index < -0.39 is 11.7 Å². The van der Waals surface area contributed by atoms with E-state index >= 15 is 0 Å². The summed E-state index contributed by atoms with van der Waals surface area (Å²) in [5.41, 5.74) is 1.40. The third kappa shape index (κ3) is 4.14. The molecule has 0 aliphatic heterocycles. The smallest absolute Gasteiger partial charge is 0.251 e. The average molecular weight is 286 g/mol. The lowest BCUT2D eigenvalue weighted by atomic mass is 10.2. The van der Waals surface area contributed by atoms with Crippen molar-refractivity contribution in [1.29, 1.82) is 0 Å². The van der Waals surface area contributed by atoms with Gasteiger partial charge in [0, 0.05) is 5.56 Å². The van der Waals surface area contributed by atoms with Gasteiger partial charge in [0.25, 0.3) is 5.91 Å². The Kier molecular flexibility index (Phi) is 4.66. The number of hydrogen-bond acceptors (Lipinski definition) is 2. The molecule has 5 heteroatoms. The summed E-state index contributed by atoms with van der Waals surface area (Å²) in [6.45, 7) is 1.58. The summed E-state index contributed by atoms with van der Waals surface area (Å²) in [5, 5.41) is 4.91. The zero-order valence-electron chi connectivity index (χ0n) is 11.5. The lowest BCUT2D eigenvalue weighted by Gasteiger charge is -2.08. The Labute approximate surface area is 122 Å². The second-order valence-corrected chi connectivity index (χ2v) is 4.58. The number of aryl methyl sites for hydroxylation is 1. The van der Waals surface area contributed by atoms with Crippen molar-refractivity contribution in [2.24, 2.45) is 0 Å². The molecule has 0 fully saturated rings. The van der Waals surface area contributed by atoms with Crippen LogP contribution in [0.2, 0.25) is 0 Å². The van der Waals surface area contributed by atoms with Crippen LogP contribution >= 0.6 is 0 Å². The number of hydrogen-bond donors (Lipinski definition) is 2. The van der Waals surface area contributed by atoms with E-state index in [-0.39, 0.29) is 18.1 Å². The summed E-state index contributed by atoms with van der Waals surface area (Å²) in [5.74, 6) is -1.34. The van der Waals surface area contributed by atoms with E-state index in [1.54, 1.807) is 43.3 Å². The molecule has 0 unspecified atom stereocenters. The molecule has 0 atom stereocenters. The van der Waals surface area contributed by atoms with Crippen molar-refractivity contribution in [3.63, 3.8) is 0 Å². The Hall–Kier alpha value is -2.69. The van der Waals surface area contributed by atoms with Crippen LogP contribution in [0.3, 0.4) is 0 Å². The van der Waals surface area contributed by atoms with Crippen molar-refractivity contribution in [1.82, 2.24) is 5.32 Å². The first kappa shape index (κ1) is 14.7. The molecule has 21 heavy (non-hydrogen) atoms. The first-order valence-electron chi connectivity index (χ1n) is 6.45. The molecule has 0 heterocycles. The fourth-order valence-corrected chi connectivity index (χ4v) is 1.78. The number of carbonyl (C=O) groups excluding carboxylic acids is 2. The molecule has 0 saturated carbocycles. The molecule has 2 rings (SSSR count). The molecule has 0 aliphatic carbocycles. The molecule has 4 nitrogen and oxygen atoms in total. The second-order valence-electron chi connectivity index (χ2n) is 4.58. The lowest BCUT2D eigenvalue weighted by Crippen LogP contribution is -2.33. The van der Waals surface area contributed by atoms with Crippen molar-refractivity contribution in [2.45, 2.75) is 6.92 Å². The fraction of sp³-hybridized carbons (Fsp3) is 0.125. The van der Waals surface area contributed by atoms with Crippen LogP contribution in [0.15, 0.2) is 48.5 Å². The van der Waals surface area contributed by atoms with E-state index in [0.717, 1.165) is 5.56 Å². The molecule has 0 saturated heterocycles. The largest absolute Gasteiger partial charge is 0.343 e. The normalized spacial score (nSPS) is 10.0. The van der Waals surface area contributed by atoms with Gasteiger partial charge in [0.2, 0.25) is 5.91 Å². The minimum absolute atomic E-state index is 0.106. The lowest BCUT2D eigenvalue weighted by molar-refractivity contribution is -0.115. The van der Waals surface area contributed by atoms with Gasteiger partial charge in [-0.15, -0.1) is 0 Å². The van der Waals surface area contributed by atoms with Gasteiger partial charge >= 0.3 is 0 Å². The van der Waals surface area contributed by atoms with Gasteiger partial charge in [0.1, 0.15) is 5.82 Å². The molecule has 2 N–H and O–H groups in total. The number of carbonyl (C=O) groups is 2. The maximum Gasteiger partial charge on any atom is 0.251 e. The van der Waals surface area contributed by atoms with Gasteiger partial charge in [-0.3, -0.25) is 9.59 Å². The predicted molar refractivity (Wildman–Crippen MR) is 78.5 cm³/mol. The molecule has 2 amide bonds. The number of amides is 2. The Bertz CT molecular complexity index is 657. The summed E-state index contributed by atoms with van der Waals surface area (Å²) >= 11 is 0. The monoisotopic (exact) mass is 286 g/mol. The van der Waals surface area contributed by atoms with E-state index in [1.807, 2.05) is 0 Å². The predicted octanol–water partition coefficient (Wildman–Crippen LogP) is 2.50. The van der Waals surface area contributed by atoms with Crippen LogP contribution < -0.4 is 10.6 Å². The van der Waals surface area contributed by atoms with Crippen molar-refractivity contribution >= 4 is 17.5 Å². The van der Waals surface area contributed by atoms with Crippen LogP contribution in [-0.4, -0.2) is 18.4 Å². The third-order valence-electron chi connectivity index (χ3n) is 2.84. The molecule has 108 valence electrons. The maximum absolute atomic E-state index is 13.5. The number of rotatable bonds is 4. The molecule has 2 aromatic carbocycles. The highest BCUT2D eigenvalue weighted by Gasteiger charge is 2.09. The highest BCUT2D eigenvalue weighted by atomic mass is 19.1. The summed E-state index contributed by atoms with van der Waals surface area (Å²) in [6, 6.07) is 13.0. The number of anilines is 1. The average Bonchev–Trinajstić information content (AvgIpc) is 2.49. The third-order valence-corrected chi connectivity index (χ3v) is 2.84.